The molecule has 0 saturated carbocycles. The Kier molecular flexibility index (Phi) is 5.12. The van der Waals surface area contributed by atoms with Crippen molar-refractivity contribution in [3.8, 4) is 0 Å². The van der Waals surface area contributed by atoms with Crippen LogP contribution in [0.2, 0.25) is 0 Å². The molecule has 0 fully saturated rings. The Bertz CT molecular complexity index is 1020. The predicted octanol–water partition coefficient (Wildman–Crippen LogP) is 1.82. The van der Waals surface area contributed by atoms with Crippen molar-refractivity contribution in [2.24, 2.45) is 0 Å². The Morgan fingerprint density at radius 3 is 2.27 bits per heavy atom. The van der Waals surface area contributed by atoms with Gasteiger partial charge in [0.05, 0.1) is 6.54 Å². The highest BCUT2D eigenvalue weighted by Crippen LogP contribution is 2.07. The predicted molar refractivity (Wildman–Crippen MR) is 99.2 cm³/mol. The van der Waals surface area contributed by atoms with Crippen LogP contribution in [0.1, 0.15) is 27.0 Å². The Morgan fingerprint density at radius 2 is 1.62 bits per heavy atom. The molecule has 2 aromatic carbocycles. The van der Waals surface area contributed by atoms with Gasteiger partial charge in [-0.2, -0.15) is 0 Å². The van der Waals surface area contributed by atoms with Crippen molar-refractivity contribution < 1.29 is 4.79 Å². The molecule has 0 aliphatic rings. The first-order chi connectivity index (χ1) is 12.5. The molecule has 1 aromatic heterocycles. The van der Waals surface area contributed by atoms with Gasteiger partial charge < -0.3 is 5.32 Å². The van der Waals surface area contributed by atoms with Crippen LogP contribution in [-0.4, -0.2) is 15.5 Å². The number of aromatic nitrogens is 2. The van der Waals surface area contributed by atoms with Gasteiger partial charge in [0.2, 0.25) is 0 Å². The van der Waals surface area contributed by atoms with E-state index in [4.69, 9.17) is 0 Å². The van der Waals surface area contributed by atoms with Crippen LogP contribution in [0.15, 0.2) is 70.4 Å². The number of hydrogen-bond donors (Lipinski definition) is 2. The van der Waals surface area contributed by atoms with E-state index in [1.54, 1.807) is 24.3 Å². The maximum atomic E-state index is 12.2. The van der Waals surface area contributed by atoms with Gasteiger partial charge >= 0.3 is 5.69 Å². The van der Waals surface area contributed by atoms with E-state index in [9.17, 15) is 14.4 Å². The average Bonchev–Trinajstić information content (AvgIpc) is 2.64. The third-order valence-corrected chi connectivity index (χ3v) is 4.04. The van der Waals surface area contributed by atoms with Crippen LogP contribution < -0.4 is 16.6 Å². The summed E-state index contributed by atoms with van der Waals surface area (Å²) in [7, 11) is 0. The maximum Gasteiger partial charge on any atom is 0.328 e. The fraction of sp³-hybridized carbons (Fsp3) is 0.150. The SMILES string of the molecule is Cc1ccc(CNC(=O)c2ccc(Cn3ccc(=O)[nH]c3=O)cc2)cc1. The number of amides is 1. The molecule has 3 aromatic rings. The number of carbonyl (C=O) groups excluding carboxylic acids is 1. The fourth-order valence-corrected chi connectivity index (χ4v) is 2.52. The molecule has 0 atom stereocenters. The molecule has 0 spiro atoms. The summed E-state index contributed by atoms with van der Waals surface area (Å²) in [5.41, 5.74) is 2.74. The largest absolute Gasteiger partial charge is 0.348 e. The van der Waals surface area contributed by atoms with Gasteiger partial charge in [-0.1, -0.05) is 42.0 Å². The van der Waals surface area contributed by atoms with Crippen molar-refractivity contribution in [3.63, 3.8) is 0 Å². The van der Waals surface area contributed by atoms with Crippen LogP contribution in [0.5, 0.6) is 0 Å². The first kappa shape index (κ1) is 17.4. The number of aryl methyl sites for hydroxylation is 1. The second-order valence-electron chi connectivity index (χ2n) is 6.10. The molecule has 0 unspecified atom stereocenters. The van der Waals surface area contributed by atoms with Crippen molar-refractivity contribution in [3.05, 3.63) is 104 Å². The van der Waals surface area contributed by atoms with E-state index in [2.05, 4.69) is 10.3 Å². The van der Waals surface area contributed by atoms with E-state index in [1.807, 2.05) is 31.2 Å². The molecule has 2 N–H and O–H groups in total. The maximum absolute atomic E-state index is 12.2. The van der Waals surface area contributed by atoms with Crippen molar-refractivity contribution in [1.82, 2.24) is 14.9 Å². The summed E-state index contributed by atoms with van der Waals surface area (Å²) in [5.74, 6) is -0.154. The number of nitrogens with one attached hydrogen (secondary N) is 2. The Balaban J connectivity index is 1.63. The Hall–Kier alpha value is -3.41. The van der Waals surface area contributed by atoms with Crippen LogP contribution in [0.4, 0.5) is 0 Å². The lowest BCUT2D eigenvalue weighted by atomic mass is 10.1. The molecule has 0 aliphatic carbocycles. The number of benzene rings is 2. The summed E-state index contributed by atoms with van der Waals surface area (Å²) >= 11 is 0. The van der Waals surface area contributed by atoms with Crippen molar-refractivity contribution in [2.45, 2.75) is 20.0 Å². The molecule has 1 heterocycles. The minimum atomic E-state index is -0.461. The molecule has 26 heavy (non-hydrogen) atoms. The highest BCUT2D eigenvalue weighted by molar-refractivity contribution is 5.94. The van der Waals surface area contributed by atoms with Gasteiger partial charge in [-0.3, -0.25) is 19.1 Å². The van der Waals surface area contributed by atoms with Crippen molar-refractivity contribution in [2.75, 3.05) is 0 Å². The number of aromatic amines is 1. The normalized spacial score (nSPS) is 10.5. The minimum Gasteiger partial charge on any atom is -0.348 e. The van der Waals surface area contributed by atoms with E-state index in [1.165, 1.54) is 22.4 Å². The van der Waals surface area contributed by atoms with Crippen molar-refractivity contribution in [1.29, 1.82) is 0 Å². The monoisotopic (exact) mass is 349 g/mol. The first-order valence-corrected chi connectivity index (χ1v) is 8.24. The van der Waals surface area contributed by atoms with Gasteiger partial charge in [0.25, 0.3) is 11.5 Å². The summed E-state index contributed by atoms with van der Waals surface area (Å²) in [4.78, 5) is 37.2. The zero-order chi connectivity index (χ0) is 18.5. The highest BCUT2D eigenvalue weighted by Gasteiger charge is 2.06. The van der Waals surface area contributed by atoms with Gasteiger partial charge in [-0.05, 0) is 30.2 Å². The third-order valence-electron chi connectivity index (χ3n) is 4.04. The van der Waals surface area contributed by atoms with Crippen LogP contribution in [0.25, 0.3) is 0 Å². The lowest BCUT2D eigenvalue weighted by molar-refractivity contribution is 0.0951. The molecule has 6 heteroatoms. The second-order valence-corrected chi connectivity index (χ2v) is 6.10. The summed E-state index contributed by atoms with van der Waals surface area (Å²) in [5, 5.41) is 2.89. The zero-order valence-corrected chi connectivity index (χ0v) is 14.4. The van der Waals surface area contributed by atoms with Crippen LogP contribution in [-0.2, 0) is 13.1 Å². The van der Waals surface area contributed by atoms with Crippen LogP contribution in [0.3, 0.4) is 0 Å². The minimum absolute atomic E-state index is 0.154. The quantitative estimate of drug-likeness (QED) is 0.737. The molecular formula is C20H19N3O3. The molecule has 0 bridgehead atoms. The molecular weight excluding hydrogens is 330 g/mol. The Morgan fingerprint density at radius 1 is 0.962 bits per heavy atom. The lowest BCUT2D eigenvalue weighted by Crippen LogP contribution is -2.28. The molecule has 1 amide bonds. The lowest BCUT2D eigenvalue weighted by Gasteiger charge is -2.08. The third kappa shape index (κ3) is 4.36. The number of H-pyrrole nitrogens is 1. The van der Waals surface area contributed by atoms with E-state index < -0.39 is 11.2 Å². The van der Waals surface area contributed by atoms with Crippen molar-refractivity contribution >= 4 is 5.91 Å². The molecule has 0 aliphatic heterocycles. The van der Waals surface area contributed by atoms with Gasteiger partial charge in [0.1, 0.15) is 0 Å². The summed E-state index contributed by atoms with van der Waals surface area (Å²) in [6.07, 6.45) is 1.45. The van der Waals surface area contributed by atoms with Crippen LogP contribution in [0, 0.1) is 6.92 Å². The topological polar surface area (TPSA) is 84.0 Å². The fourth-order valence-electron chi connectivity index (χ4n) is 2.52. The summed E-state index contributed by atoms with van der Waals surface area (Å²) in [6, 6.07) is 16.3. The first-order valence-electron chi connectivity index (χ1n) is 8.24. The number of carbonyl (C=O) groups is 1. The smallest absolute Gasteiger partial charge is 0.328 e. The zero-order valence-electron chi connectivity index (χ0n) is 14.4. The summed E-state index contributed by atoms with van der Waals surface area (Å²) in [6.45, 7) is 2.81. The number of hydrogen-bond acceptors (Lipinski definition) is 3. The van der Waals surface area contributed by atoms with Gasteiger partial charge in [-0.15, -0.1) is 0 Å². The van der Waals surface area contributed by atoms with Gasteiger partial charge in [0.15, 0.2) is 0 Å². The average molecular weight is 349 g/mol. The molecule has 3 rings (SSSR count). The molecule has 0 radical (unpaired) electrons. The molecule has 0 saturated heterocycles. The van der Waals surface area contributed by atoms with E-state index in [-0.39, 0.29) is 5.91 Å². The van der Waals surface area contributed by atoms with Gasteiger partial charge in [0, 0.05) is 24.4 Å². The molecule has 6 nitrogen and oxygen atoms in total. The standard InChI is InChI=1S/C20H19N3O3/c1-14-2-4-15(5-3-14)12-21-19(25)17-8-6-16(7-9-17)13-23-11-10-18(24)22-20(23)26/h2-11H,12-13H2,1H3,(H,21,25)(H,22,24,26). The van der Waals surface area contributed by atoms with Gasteiger partial charge in [-0.25, -0.2) is 4.79 Å². The van der Waals surface area contributed by atoms with E-state index >= 15 is 0 Å². The highest BCUT2D eigenvalue weighted by atomic mass is 16.2. The molecule has 132 valence electrons. The Labute approximate surface area is 150 Å². The number of rotatable bonds is 5. The number of nitrogens with zero attached hydrogens (tertiary/aromatic N) is 1. The van der Waals surface area contributed by atoms with E-state index in [0.717, 1.165) is 11.1 Å². The summed E-state index contributed by atoms with van der Waals surface area (Å²) < 4.78 is 1.40. The second kappa shape index (κ2) is 7.65. The van der Waals surface area contributed by atoms with Crippen LogP contribution >= 0.6 is 0 Å². The van der Waals surface area contributed by atoms with E-state index in [0.29, 0.717) is 18.7 Å².